The first-order chi connectivity index (χ1) is 16.5. The molecular weight excluding hydrogens is 432 g/mol. The molecule has 4 N–H and O–H groups in total. The molecule has 2 aromatic carbocycles. The summed E-state index contributed by atoms with van der Waals surface area (Å²) in [6, 6.07) is 5.92. The van der Waals surface area contributed by atoms with Crippen LogP contribution in [0.3, 0.4) is 0 Å². The molecule has 8 heteroatoms. The highest BCUT2D eigenvalue weighted by Crippen LogP contribution is 2.42. The minimum absolute atomic E-state index is 0.176. The van der Waals surface area contributed by atoms with Gasteiger partial charge in [0.05, 0.1) is 35.3 Å². The Kier molecular flexibility index (Phi) is 8.79. The number of anilines is 2. The van der Waals surface area contributed by atoms with Crippen LogP contribution in [0.15, 0.2) is 34.3 Å². The van der Waals surface area contributed by atoms with E-state index >= 15 is 0 Å². The Balaban J connectivity index is 1.94. The highest BCUT2D eigenvalue weighted by Gasteiger charge is 2.37. The third kappa shape index (κ3) is 5.44. The van der Waals surface area contributed by atoms with Crippen molar-refractivity contribution >= 4 is 35.4 Å². The van der Waals surface area contributed by atoms with Crippen LogP contribution in [0.5, 0.6) is 11.5 Å². The number of hydrogen-bond donors (Lipinski definition) is 4. The number of rotatable bonds is 12. The van der Waals surface area contributed by atoms with Gasteiger partial charge in [0, 0.05) is 24.5 Å². The lowest BCUT2D eigenvalue weighted by atomic mass is 9.81. The number of aromatic hydroxyl groups is 2. The number of nitrogens with one attached hydrogen (secondary N) is 2. The SMILES string of the molecule is CCCC=NCCNc1ccc(NCCN=CCCC)c2c1C(=O)c1c(O)ccc(O)c1C2=O. The Hall–Kier alpha value is -3.68. The number of carbonyl (C=O) groups excluding carboxylic acids is 2. The summed E-state index contributed by atoms with van der Waals surface area (Å²) in [6.07, 6.45) is 7.61. The van der Waals surface area contributed by atoms with E-state index in [9.17, 15) is 19.8 Å². The molecule has 0 bridgehead atoms. The van der Waals surface area contributed by atoms with Crippen molar-refractivity contribution in [3.8, 4) is 11.5 Å². The Labute approximate surface area is 199 Å². The third-order valence-corrected chi connectivity index (χ3v) is 5.48. The molecule has 0 saturated carbocycles. The van der Waals surface area contributed by atoms with E-state index in [1.54, 1.807) is 12.1 Å². The monoisotopic (exact) mass is 464 g/mol. The third-order valence-electron chi connectivity index (χ3n) is 5.48. The maximum absolute atomic E-state index is 13.5. The van der Waals surface area contributed by atoms with Crippen LogP contribution < -0.4 is 10.6 Å². The van der Waals surface area contributed by atoms with Crippen molar-refractivity contribution in [1.29, 1.82) is 0 Å². The minimum Gasteiger partial charge on any atom is -0.507 e. The van der Waals surface area contributed by atoms with Crippen molar-refractivity contribution in [2.24, 2.45) is 9.98 Å². The van der Waals surface area contributed by atoms with E-state index in [0.29, 0.717) is 37.6 Å². The molecular formula is C26H32N4O4. The van der Waals surface area contributed by atoms with Gasteiger partial charge in [-0.3, -0.25) is 19.6 Å². The number of hydrogen-bond acceptors (Lipinski definition) is 8. The summed E-state index contributed by atoms with van der Waals surface area (Å²) in [5.41, 5.74) is 0.967. The van der Waals surface area contributed by atoms with Gasteiger partial charge in [-0.15, -0.1) is 0 Å². The van der Waals surface area contributed by atoms with Crippen molar-refractivity contribution in [3.63, 3.8) is 0 Å². The zero-order valence-corrected chi connectivity index (χ0v) is 19.7. The zero-order chi connectivity index (χ0) is 24.5. The van der Waals surface area contributed by atoms with Crippen LogP contribution in [0, 0.1) is 0 Å². The van der Waals surface area contributed by atoms with Gasteiger partial charge < -0.3 is 20.8 Å². The molecule has 0 atom stereocenters. The van der Waals surface area contributed by atoms with Crippen LogP contribution in [-0.4, -0.2) is 60.4 Å². The number of ketones is 2. The number of fused-ring (bicyclic) bond motifs is 2. The summed E-state index contributed by atoms with van der Waals surface area (Å²) >= 11 is 0. The molecule has 0 amide bonds. The predicted octanol–water partition coefficient (Wildman–Crippen LogP) is 4.44. The molecule has 0 aliphatic heterocycles. The maximum atomic E-state index is 13.5. The standard InChI is InChI=1S/C26H32N4O4/c1-3-5-11-27-13-15-29-17-7-8-18(30-16-14-28-12-6-4-2)22-21(17)25(33)23-19(31)9-10-20(32)24(23)26(22)34/h7-12,29-32H,3-6,13-16H2,1-2H3. The van der Waals surface area contributed by atoms with E-state index in [1.165, 1.54) is 12.1 Å². The molecule has 2 aromatic rings. The number of unbranched alkanes of at least 4 members (excludes halogenated alkanes) is 2. The van der Waals surface area contributed by atoms with Crippen LogP contribution >= 0.6 is 0 Å². The predicted molar refractivity (Wildman–Crippen MR) is 137 cm³/mol. The molecule has 3 rings (SSSR count). The average Bonchev–Trinajstić information content (AvgIpc) is 2.83. The van der Waals surface area contributed by atoms with Crippen molar-refractivity contribution < 1.29 is 19.8 Å². The molecule has 0 fully saturated rings. The van der Waals surface area contributed by atoms with Gasteiger partial charge in [0.25, 0.3) is 0 Å². The molecule has 0 saturated heterocycles. The molecule has 8 nitrogen and oxygen atoms in total. The Morgan fingerprint density at radius 3 is 1.50 bits per heavy atom. The topological polar surface area (TPSA) is 123 Å². The number of nitrogens with zero attached hydrogens (tertiary/aromatic N) is 2. The van der Waals surface area contributed by atoms with Crippen molar-refractivity contribution in [2.75, 3.05) is 36.8 Å². The van der Waals surface area contributed by atoms with E-state index in [1.807, 2.05) is 12.4 Å². The number of benzene rings is 2. The van der Waals surface area contributed by atoms with Crippen LogP contribution in [0.1, 0.15) is 71.4 Å². The fourth-order valence-electron chi connectivity index (χ4n) is 3.79. The summed E-state index contributed by atoms with van der Waals surface area (Å²) < 4.78 is 0. The maximum Gasteiger partial charge on any atom is 0.200 e. The average molecular weight is 465 g/mol. The van der Waals surface area contributed by atoms with Gasteiger partial charge in [-0.2, -0.15) is 0 Å². The minimum atomic E-state index is -0.514. The van der Waals surface area contributed by atoms with E-state index in [-0.39, 0.29) is 33.8 Å². The molecule has 1 aliphatic carbocycles. The Bertz CT molecular complexity index is 1020. The van der Waals surface area contributed by atoms with Gasteiger partial charge in [-0.1, -0.05) is 26.7 Å². The largest absolute Gasteiger partial charge is 0.507 e. The van der Waals surface area contributed by atoms with E-state index in [4.69, 9.17) is 0 Å². The van der Waals surface area contributed by atoms with Crippen LogP contribution in [0.4, 0.5) is 11.4 Å². The fourth-order valence-corrected chi connectivity index (χ4v) is 3.79. The molecule has 0 unspecified atom stereocenters. The fraction of sp³-hybridized carbons (Fsp3) is 0.385. The number of phenolic OH excluding ortho intramolecular Hbond substituents is 2. The first kappa shape index (κ1) is 25.0. The lowest BCUT2D eigenvalue weighted by Gasteiger charge is -2.24. The van der Waals surface area contributed by atoms with Crippen LogP contribution in [0.25, 0.3) is 0 Å². The smallest absolute Gasteiger partial charge is 0.200 e. The second-order valence-corrected chi connectivity index (χ2v) is 8.03. The van der Waals surface area contributed by atoms with E-state index in [2.05, 4.69) is 34.5 Å². The lowest BCUT2D eigenvalue weighted by molar-refractivity contribution is 0.0975. The van der Waals surface area contributed by atoms with E-state index < -0.39 is 11.6 Å². The van der Waals surface area contributed by atoms with Crippen molar-refractivity contribution in [1.82, 2.24) is 0 Å². The highest BCUT2D eigenvalue weighted by molar-refractivity contribution is 6.33. The Morgan fingerprint density at radius 1 is 0.706 bits per heavy atom. The van der Waals surface area contributed by atoms with Crippen molar-refractivity contribution in [3.05, 3.63) is 46.5 Å². The second-order valence-electron chi connectivity index (χ2n) is 8.03. The van der Waals surface area contributed by atoms with Crippen LogP contribution in [0.2, 0.25) is 0 Å². The van der Waals surface area contributed by atoms with Gasteiger partial charge in [0.1, 0.15) is 11.5 Å². The van der Waals surface area contributed by atoms with Crippen LogP contribution in [-0.2, 0) is 0 Å². The van der Waals surface area contributed by atoms with Gasteiger partial charge in [0.2, 0.25) is 11.6 Å². The summed E-state index contributed by atoms with van der Waals surface area (Å²) in [7, 11) is 0. The Morgan fingerprint density at radius 2 is 1.12 bits per heavy atom. The summed E-state index contributed by atoms with van der Waals surface area (Å²) in [6.45, 7) is 6.16. The first-order valence-electron chi connectivity index (χ1n) is 11.8. The van der Waals surface area contributed by atoms with Gasteiger partial charge in [-0.05, 0) is 49.5 Å². The second kappa shape index (κ2) is 12.0. The molecule has 1 aliphatic rings. The molecule has 0 aromatic heterocycles. The lowest BCUT2D eigenvalue weighted by Crippen LogP contribution is -2.25. The normalized spacial score (nSPS) is 12.9. The van der Waals surface area contributed by atoms with E-state index in [0.717, 1.165) is 25.7 Å². The molecule has 180 valence electrons. The quantitative estimate of drug-likeness (QED) is 0.179. The zero-order valence-electron chi connectivity index (χ0n) is 19.7. The molecule has 0 spiro atoms. The molecule has 0 heterocycles. The summed E-state index contributed by atoms with van der Waals surface area (Å²) in [5.74, 6) is -1.70. The molecule has 34 heavy (non-hydrogen) atoms. The number of carbonyl (C=O) groups is 2. The summed E-state index contributed by atoms with van der Waals surface area (Å²) in [5, 5.41) is 27.1. The van der Waals surface area contributed by atoms with Gasteiger partial charge in [0.15, 0.2) is 0 Å². The first-order valence-corrected chi connectivity index (χ1v) is 11.8. The number of aliphatic imine (C=N–C) groups is 2. The molecule has 0 radical (unpaired) electrons. The van der Waals surface area contributed by atoms with Crippen molar-refractivity contribution in [2.45, 2.75) is 39.5 Å². The van der Waals surface area contributed by atoms with Gasteiger partial charge in [-0.25, -0.2) is 0 Å². The summed E-state index contributed by atoms with van der Waals surface area (Å²) in [4.78, 5) is 35.6. The number of phenols is 2. The highest BCUT2D eigenvalue weighted by atomic mass is 16.3. The van der Waals surface area contributed by atoms with Gasteiger partial charge >= 0.3 is 0 Å².